The average Bonchev–Trinajstić information content (AvgIpc) is 2.58. The van der Waals surface area contributed by atoms with Gasteiger partial charge in [0, 0.05) is 12.1 Å². The number of carbonyl (C=O) groups is 1. The summed E-state index contributed by atoms with van der Waals surface area (Å²) in [6.45, 7) is 11.2. The van der Waals surface area contributed by atoms with Crippen LogP contribution in [0.2, 0.25) is 0 Å². The van der Waals surface area contributed by atoms with Crippen molar-refractivity contribution in [2.24, 2.45) is 0 Å². The van der Waals surface area contributed by atoms with Gasteiger partial charge < -0.3 is 10.2 Å². The lowest BCUT2D eigenvalue weighted by molar-refractivity contribution is -0.139. The van der Waals surface area contributed by atoms with Crippen LogP contribution in [0.4, 0.5) is 0 Å². The molecule has 1 aliphatic rings. The van der Waals surface area contributed by atoms with Crippen LogP contribution in [0.25, 0.3) is 0 Å². The van der Waals surface area contributed by atoms with Crippen LogP contribution < -0.4 is 5.32 Å². The molecule has 1 amide bonds. The third kappa shape index (κ3) is 2.57. The predicted octanol–water partition coefficient (Wildman–Crippen LogP) is 2.16. The fourth-order valence-corrected chi connectivity index (χ4v) is 2.68. The van der Waals surface area contributed by atoms with E-state index in [2.05, 4.69) is 24.1 Å². The molecule has 16 heavy (non-hydrogen) atoms. The Labute approximate surface area is 99.6 Å². The van der Waals surface area contributed by atoms with Crippen molar-refractivity contribution in [1.82, 2.24) is 10.2 Å². The van der Waals surface area contributed by atoms with Crippen molar-refractivity contribution in [1.29, 1.82) is 0 Å². The molecule has 1 N–H and O–H groups in total. The van der Waals surface area contributed by atoms with E-state index < -0.39 is 5.54 Å². The number of hydrogen-bond donors (Lipinski definition) is 1. The Kier molecular flexibility index (Phi) is 4.36. The van der Waals surface area contributed by atoms with Gasteiger partial charge in [0.2, 0.25) is 5.91 Å². The van der Waals surface area contributed by atoms with E-state index in [1.54, 1.807) is 0 Å². The van der Waals surface area contributed by atoms with Crippen LogP contribution >= 0.6 is 0 Å². The van der Waals surface area contributed by atoms with Crippen molar-refractivity contribution in [2.45, 2.75) is 71.5 Å². The molecule has 1 fully saturated rings. The first-order valence-corrected chi connectivity index (χ1v) is 6.51. The lowest BCUT2D eigenvalue weighted by atomic mass is 10.0. The highest BCUT2D eigenvalue weighted by atomic mass is 16.2. The molecule has 2 atom stereocenters. The summed E-state index contributed by atoms with van der Waals surface area (Å²) in [4.78, 5) is 14.6. The van der Waals surface area contributed by atoms with E-state index in [-0.39, 0.29) is 5.91 Å². The standard InChI is InChI=1S/C13H26N2O/c1-6-11-9-8-10(3)15(11)12(16)13(4,5)14-7-2/h10-11,14H,6-9H2,1-5H3. The quantitative estimate of drug-likeness (QED) is 0.796. The van der Waals surface area contributed by atoms with Crippen LogP contribution in [-0.2, 0) is 4.79 Å². The lowest BCUT2D eigenvalue weighted by Crippen LogP contribution is -2.56. The van der Waals surface area contributed by atoms with E-state index in [9.17, 15) is 4.79 Å². The number of amides is 1. The van der Waals surface area contributed by atoms with Gasteiger partial charge in [-0.2, -0.15) is 0 Å². The Balaban J connectivity index is 2.78. The highest BCUT2D eigenvalue weighted by molar-refractivity contribution is 5.86. The summed E-state index contributed by atoms with van der Waals surface area (Å²) in [5, 5.41) is 3.27. The lowest BCUT2D eigenvalue weighted by Gasteiger charge is -2.36. The second-order valence-electron chi connectivity index (χ2n) is 5.36. The molecule has 0 radical (unpaired) electrons. The third-order valence-corrected chi connectivity index (χ3v) is 3.65. The third-order valence-electron chi connectivity index (χ3n) is 3.65. The summed E-state index contributed by atoms with van der Waals surface area (Å²) < 4.78 is 0. The number of rotatable bonds is 4. The Morgan fingerprint density at radius 1 is 1.38 bits per heavy atom. The van der Waals surface area contributed by atoms with Gasteiger partial charge in [-0.1, -0.05) is 13.8 Å². The van der Waals surface area contributed by atoms with Gasteiger partial charge in [0.25, 0.3) is 0 Å². The van der Waals surface area contributed by atoms with Gasteiger partial charge in [-0.3, -0.25) is 4.79 Å². The van der Waals surface area contributed by atoms with Gasteiger partial charge in [-0.25, -0.2) is 0 Å². The zero-order chi connectivity index (χ0) is 12.3. The molecule has 0 aromatic carbocycles. The van der Waals surface area contributed by atoms with Crippen molar-refractivity contribution < 1.29 is 4.79 Å². The zero-order valence-corrected chi connectivity index (χ0v) is 11.3. The molecule has 94 valence electrons. The highest BCUT2D eigenvalue weighted by Gasteiger charge is 2.39. The molecule has 3 nitrogen and oxygen atoms in total. The molecule has 1 heterocycles. The Bertz CT molecular complexity index is 250. The number of nitrogens with zero attached hydrogens (tertiary/aromatic N) is 1. The summed E-state index contributed by atoms with van der Waals surface area (Å²) in [6, 6.07) is 0.843. The molecule has 1 aliphatic heterocycles. The van der Waals surface area contributed by atoms with E-state index >= 15 is 0 Å². The maximum absolute atomic E-state index is 12.5. The van der Waals surface area contributed by atoms with Gasteiger partial charge in [0.15, 0.2) is 0 Å². The first-order chi connectivity index (χ1) is 7.44. The van der Waals surface area contributed by atoms with Gasteiger partial charge in [-0.05, 0) is 46.6 Å². The summed E-state index contributed by atoms with van der Waals surface area (Å²) in [5.41, 5.74) is -0.430. The Morgan fingerprint density at radius 3 is 2.50 bits per heavy atom. The van der Waals surface area contributed by atoms with Crippen molar-refractivity contribution >= 4 is 5.91 Å². The highest BCUT2D eigenvalue weighted by Crippen LogP contribution is 2.28. The molecule has 1 rings (SSSR count). The first-order valence-electron chi connectivity index (χ1n) is 6.51. The molecule has 0 saturated carbocycles. The van der Waals surface area contributed by atoms with Gasteiger partial charge in [0.1, 0.15) is 0 Å². The molecule has 0 aromatic heterocycles. The molecular formula is C13H26N2O. The maximum atomic E-state index is 12.5. The fraction of sp³-hybridized carbons (Fsp3) is 0.923. The van der Waals surface area contributed by atoms with E-state index in [1.165, 1.54) is 0 Å². The molecule has 0 spiro atoms. The molecular weight excluding hydrogens is 200 g/mol. The van der Waals surface area contributed by atoms with Crippen LogP contribution in [0.3, 0.4) is 0 Å². The fourth-order valence-electron chi connectivity index (χ4n) is 2.68. The number of likely N-dealkylation sites (N-methyl/N-ethyl adjacent to an activating group) is 1. The normalized spacial score (nSPS) is 26.2. The summed E-state index contributed by atoms with van der Waals surface area (Å²) >= 11 is 0. The molecule has 3 heteroatoms. The number of nitrogens with one attached hydrogen (secondary N) is 1. The van der Waals surface area contributed by atoms with Gasteiger partial charge >= 0.3 is 0 Å². The minimum atomic E-state index is -0.430. The summed E-state index contributed by atoms with van der Waals surface area (Å²) in [5.74, 6) is 0.256. The molecule has 0 aromatic rings. The molecule has 1 saturated heterocycles. The Hall–Kier alpha value is -0.570. The second-order valence-corrected chi connectivity index (χ2v) is 5.36. The second kappa shape index (κ2) is 5.17. The van der Waals surface area contributed by atoms with Crippen LogP contribution in [-0.4, -0.2) is 35.0 Å². The molecule has 0 aliphatic carbocycles. The summed E-state index contributed by atoms with van der Waals surface area (Å²) in [6.07, 6.45) is 3.37. The number of hydrogen-bond acceptors (Lipinski definition) is 2. The van der Waals surface area contributed by atoms with Gasteiger partial charge in [0.05, 0.1) is 5.54 Å². The zero-order valence-electron chi connectivity index (χ0n) is 11.3. The van der Waals surface area contributed by atoms with E-state index in [1.807, 2.05) is 20.8 Å². The number of carbonyl (C=O) groups excluding carboxylic acids is 1. The SMILES string of the molecule is CCNC(C)(C)C(=O)N1C(C)CCC1CC. The molecule has 0 bridgehead atoms. The predicted molar refractivity (Wildman–Crippen MR) is 67.4 cm³/mol. The van der Waals surface area contributed by atoms with Crippen LogP contribution in [0.5, 0.6) is 0 Å². The Morgan fingerprint density at radius 2 is 2.00 bits per heavy atom. The van der Waals surface area contributed by atoms with E-state index in [0.717, 1.165) is 25.8 Å². The monoisotopic (exact) mass is 226 g/mol. The minimum absolute atomic E-state index is 0.256. The van der Waals surface area contributed by atoms with Crippen molar-refractivity contribution in [3.8, 4) is 0 Å². The number of likely N-dealkylation sites (tertiary alicyclic amines) is 1. The van der Waals surface area contributed by atoms with Crippen molar-refractivity contribution in [3.05, 3.63) is 0 Å². The van der Waals surface area contributed by atoms with Crippen LogP contribution in [0.15, 0.2) is 0 Å². The molecule has 2 unspecified atom stereocenters. The van der Waals surface area contributed by atoms with Crippen molar-refractivity contribution in [2.75, 3.05) is 6.54 Å². The smallest absolute Gasteiger partial charge is 0.242 e. The first kappa shape index (κ1) is 13.5. The van der Waals surface area contributed by atoms with E-state index in [4.69, 9.17) is 0 Å². The van der Waals surface area contributed by atoms with Crippen molar-refractivity contribution in [3.63, 3.8) is 0 Å². The van der Waals surface area contributed by atoms with E-state index in [0.29, 0.717) is 12.1 Å². The minimum Gasteiger partial charge on any atom is -0.335 e. The largest absolute Gasteiger partial charge is 0.335 e. The maximum Gasteiger partial charge on any atom is 0.242 e. The van der Waals surface area contributed by atoms with Crippen LogP contribution in [0.1, 0.15) is 53.9 Å². The summed E-state index contributed by atoms with van der Waals surface area (Å²) in [7, 11) is 0. The topological polar surface area (TPSA) is 32.3 Å². The van der Waals surface area contributed by atoms with Gasteiger partial charge in [-0.15, -0.1) is 0 Å². The van der Waals surface area contributed by atoms with Crippen LogP contribution in [0, 0.1) is 0 Å². The average molecular weight is 226 g/mol.